The summed E-state index contributed by atoms with van der Waals surface area (Å²) in [4.78, 5) is -0.0654. The van der Waals surface area contributed by atoms with E-state index in [1.54, 1.807) is 19.2 Å². The largest absolute Gasteiger partial charge is 0.497 e. The van der Waals surface area contributed by atoms with Gasteiger partial charge in [-0.15, -0.1) is 0 Å². The van der Waals surface area contributed by atoms with Crippen molar-refractivity contribution in [3.63, 3.8) is 0 Å². The molecule has 1 aliphatic rings. The Morgan fingerprint density at radius 3 is 2.53 bits per heavy atom. The lowest BCUT2D eigenvalue weighted by atomic mass is 9.96. The van der Waals surface area contributed by atoms with Crippen LogP contribution in [0.3, 0.4) is 0 Å². The van der Waals surface area contributed by atoms with Gasteiger partial charge < -0.3 is 9.47 Å². The molecule has 5 nitrogen and oxygen atoms in total. The molecule has 0 amide bonds. The van der Waals surface area contributed by atoms with Gasteiger partial charge in [0.15, 0.2) is 0 Å². The molecular formula is C24H24O5S. The van der Waals surface area contributed by atoms with Crippen molar-refractivity contribution in [2.75, 3.05) is 7.11 Å². The van der Waals surface area contributed by atoms with Crippen LogP contribution in [-0.2, 0) is 23.0 Å². The molecule has 1 heterocycles. The highest BCUT2D eigenvalue weighted by Gasteiger charge is 2.29. The number of fused-ring (bicyclic) bond motifs is 1. The molecule has 1 atom stereocenters. The molecule has 156 valence electrons. The zero-order chi connectivity index (χ0) is 21.5. The summed E-state index contributed by atoms with van der Waals surface area (Å²) in [7, 11) is -2.66. The first-order valence-electron chi connectivity index (χ1n) is 9.77. The molecule has 1 aliphatic heterocycles. The van der Waals surface area contributed by atoms with E-state index >= 15 is 0 Å². The van der Waals surface area contributed by atoms with E-state index in [0.29, 0.717) is 18.4 Å². The predicted octanol–water partition coefficient (Wildman–Crippen LogP) is 4.77. The molecule has 0 saturated heterocycles. The molecule has 3 aromatic rings. The maximum absolute atomic E-state index is 11.8. The minimum absolute atomic E-state index is 0.0654. The summed E-state index contributed by atoms with van der Waals surface area (Å²) < 4.78 is 45.1. The number of aryl methyl sites for hydroxylation is 2. The van der Waals surface area contributed by atoms with E-state index in [0.717, 1.165) is 39.3 Å². The molecule has 0 aliphatic carbocycles. The van der Waals surface area contributed by atoms with Crippen molar-refractivity contribution in [1.29, 1.82) is 0 Å². The average molecular weight is 425 g/mol. The summed E-state index contributed by atoms with van der Waals surface area (Å²) >= 11 is 0. The highest BCUT2D eigenvalue weighted by atomic mass is 32.2. The van der Waals surface area contributed by atoms with Crippen molar-refractivity contribution in [2.24, 2.45) is 0 Å². The van der Waals surface area contributed by atoms with Crippen LogP contribution in [0.4, 0.5) is 0 Å². The highest BCUT2D eigenvalue weighted by Crippen LogP contribution is 2.43. The maximum atomic E-state index is 11.8. The van der Waals surface area contributed by atoms with Crippen LogP contribution in [0.25, 0.3) is 11.1 Å². The van der Waals surface area contributed by atoms with Crippen LogP contribution in [0.2, 0.25) is 0 Å². The lowest BCUT2D eigenvalue weighted by molar-refractivity contribution is 0.233. The van der Waals surface area contributed by atoms with E-state index in [2.05, 4.69) is 19.1 Å². The maximum Gasteiger partial charge on any atom is 0.294 e. The number of ether oxygens (including phenoxy) is 2. The van der Waals surface area contributed by atoms with Gasteiger partial charge in [-0.2, -0.15) is 8.42 Å². The van der Waals surface area contributed by atoms with Gasteiger partial charge in [0.1, 0.15) is 17.6 Å². The first-order chi connectivity index (χ1) is 14.3. The quantitative estimate of drug-likeness (QED) is 0.597. The number of benzene rings is 3. The van der Waals surface area contributed by atoms with Gasteiger partial charge in [0.2, 0.25) is 0 Å². The van der Waals surface area contributed by atoms with Crippen LogP contribution in [0, 0.1) is 13.8 Å². The molecule has 30 heavy (non-hydrogen) atoms. The van der Waals surface area contributed by atoms with E-state index in [-0.39, 0.29) is 11.0 Å². The van der Waals surface area contributed by atoms with Crippen LogP contribution in [-0.4, -0.2) is 26.2 Å². The summed E-state index contributed by atoms with van der Waals surface area (Å²) in [6.07, 6.45) is 0.767. The molecule has 3 aromatic carbocycles. The van der Waals surface area contributed by atoms with Crippen molar-refractivity contribution in [2.45, 2.75) is 37.7 Å². The van der Waals surface area contributed by atoms with Gasteiger partial charge in [0.05, 0.1) is 12.0 Å². The van der Waals surface area contributed by atoms with Gasteiger partial charge in [-0.1, -0.05) is 42.0 Å². The second-order valence-electron chi connectivity index (χ2n) is 7.71. The molecule has 1 N–H and O–H groups in total. The van der Waals surface area contributed by atoms with Gasteiger partial charge in [-0.25, -0.2) is 0 Å². The SMILES string of the molecule is COc1cc2c(c(-c3ccccc3C)c1)OC(Cc1cc(C)ccc1S(=O)(=O)O)C2. The summed E-state index contributed by atoms with van der Waals surface area (Å²) in [5.41, 5.74) is 5.67. The molecule has 0 aromatic heterocycles. The minimum Gasteiger partial charge on any atom is -0.497 e. The first kappa shape index (κ1) is 20.4. The summed E-state index contributed by atoms with van der Waals surface area (Å²) in [5.74, 6) is 1.56. The van der Waals surface area contributed by atoms with E-state index in [4.69, 9.17) is 9.47 Å². The van der Waals surface area contributed by atoms with Gasteiger partial charge in [-0.05, 0) is 48.7 Å². The van der Waals surface area contributed by atoms with E-state index < -0.39 is 10.1 Å². The van der Waals surface area contributed by atoms with Gasteiger partial charge in [0.25, 0.3) is 10.1 Å². The second kappa shape index (κ2) is 7.78. The Kier molecular flexibility index (Phi) is 5.30. The number of methoxy groups -OCH3 is 1. The number of rotatable bonds is 5. The second-order valence-corrected chi connectivity index (χ2v) is 9.10. The third kappa shape index (κ3) is 3.93. The van der Waals surface area contributed by atoms with Gasteiger partial charge in [0, 0.05) is 24.0 Å². The fourth-order valence-electron chi connectivity index (χ4n) is 4.08. The molecule has 1 unspecified atom stereocenters. The van der Waals surface area contributed by atoms with Crippen molar-refractivity contribution >= 4 is 10.1 Å². The zero-order valence-electron chi connectivity index (χ0n) is 17.2. The van der Waals surface area contributed by atoms with E-state index in [1.165, 1.54) is 6.07 Å². The molecule has 0 saturated carbocycles. The Morgan fingerprint density at radius 2 is 1.83 bits per heavy atom. The normalized spacial score (nSPS) is 15.5. The monoisotopic (exact) mass is 424 g/mol. The Hall–Kier alpha value is -2.83. The minimum atomic E-state index is -4.30. The molecule has 6 heteroatoms. The van der Waals surface area contributed by atoms with Gasteiger partial charge in [-0.3, -0.25) is 4.55 Å². The van der Waals surface area contributed by atoms with E-state index in [1.807, 2.05) is 31.2 Å². The van der Waals surface area contributed by atoms with Crippen molar-refractivity contribution in [3.05, 3.63) is 76.9 Å². The van der Waals surface area contributed by atoms with Crippen molar-refractivity contribution in [1.82, 2.24) is 0 Å². The van der Waals surface area contributed by atoms with Crippen molar-refractivity contribution < 1.29 is 22.4 Å². The zero-order valence-corrected chi connectivity index (χ0v) is 18.0. The van der Waals surface area contributed by atoms with E-state index in [9.17, 15) is 13.0 Å². The average Bonchev–Trinajstić information content (AvgIpc) is 3.09. The Morgan fingerprint density at radius 1 is 1.07 bits per heavy atom. The summed E-state index contributed by atoms with van der Waals surface area (Å²) in [6, 6.07) is 17.0. The standard InChI is InChI=1S/C24H24O5S/c1-15-8-9-23(30(25,26)27)17(10-15)11-20-13-18-12-19(28-3)14-22(24(18)29-20)21-7-5-4-6-16(21)2/h4-10,12,14,20H,11,13H2,1-3H3,(H,25,26,27). The Balaban J connectivity index is 1.72. The first-order valence-corrected chi connectivity index (χ1v) is 11.2. The fourth-order valence-corrected chi connectivity index (χ4v) is 4.79. The van der Waals surface area contributed by atoms with Crippen LogP contribution in [0.5, 0.6) is 11.5 Å². The van der Waals surface area contributed by atoms with Crippen LogP contribution < -0.4 is 9.47 Å². The topological polar surface area (TPSA) is 72.8 Å². The lowest BCUT2D eigenvalue weighted by Gasteiger charge is -2.16. The van der Waals surface area contributed by atoms with Gasteiger partial charge >= 0.3 is 0 Å². The number of hydrogen-bond acceptors (Lipinski definition) is 4. The number of hydrogen-bond donors (Lipinski definition) is 1. The lowest BCUT2D eigenvalue weighted by Crippen LogP contribution is -2.18. The Bertz CT molecular complexity index is 1210. The summed E-state index contributed by atoms with van der Waals surface area (Å²) in [5, 5.41) is 0. The molecule has 0 fully saturated rings. The predicted molar refractivity (Wildman–Crippen MR) is 116 cm³/mol. The molecule has 4 rings (SSSR count). The van der Waals surface area contributed by atoms with Crippen LogP contribution >= 0.6 is 0 Å². The Labute approximate surface area is 177 Å². The third-order valence-corrected chi connectivity index (χ3v) is 6.44. The molecular weight excluding hydrogens is 400 g/mol. The third-order valence-electron chi connectivity index (χ3n) is 5.48. The highest BCUT2D eigenvalue weighted by molar-refractivity contribution is 7.85. The molecule has 0 radical (unpaired) electrons. The smallest absolute Gasteiger partial charge is 0.294 e. The van der Waals surface area contributed by atoms with Crippen molar-refractivity contribution in [3.8, 4) is 22.6 Å². The molecule has 0 bridgehead atoms. The molecule has 0 spiro atoms. The van der Waals surface area contributed by atoms with Crippen LogP contribution in [0.1, 0.15) is 22.3 Å². The van der Waals surface area contributed by atoms with Crippen LogP contribution in [0.15, 0.2) is 59.5 Å². The fraction of sp³-hybridized carbons (Fsp3) is 0.250. The summed E-state index contributed by atoms with van der Waals surface area (Å²) in [6.45, 7) is 3.95.